The largest absolute Gasteiger partial charge is 0.387 e. The number of likely N-dealkylation sites (tertiary alicyclic amines) is 1. The molecular weight excluding hydrogens is 940 g/mol. The Hall–Kier alpha value is -5.49. The summed E-state index contributed by atoms with van der Waals surface area (Å²) in [4.78, 5) is 85.4. The van der Waals surface area contributed by atoms with E-state index in [1.807, 2.05) is 53.7 Å². The van der Waals surface area contributed by atoms with E-state index in [1.165, 1.54) is 6.33 Å². The average molecular weight is 1010 g/mol. The van der Waals surface area contributed by atoms with E-state index < -0.39 is 18.1 Å². The number of benzene rings is 2. The second-order valence-electron chi connectivity index (χ2n) is 19.2. The average Bonchev–Trinajstić information content (AvgIpc) is 4.13. The van der Waals surface area contributed by atoms with Crippen molar-refractivity contribution in [1.29, 1.82) is 0 Å². The van der Waals surface area contributed by atoms with Crippen LogP contribution < -0.4 is 26.2 Å². The van der Waals surface area contributed by atoms with E-state index >= 15 is 0 Å². The zero-order valence-electron chi connectivity index (χ0n) is 41.3. The molecule has 7 rings (SSSR count). The van der Waals surface area contributed by atoms with Crippen molar-refractivity contribution in [2.75, 3.05) is 63.8 Å². The number of rotatable bonds is 25. The molecule has 2 saturated heterocycles. The lowest BCUT2D eigenvalue weighted by Gasteiger charge is -2.38. The van der Waals surface area contributed by atoms with Crippen LogP contribution in [0, 0.1) is 6.92 Å². The summed E-state index contributed by atoms with van der Waals surface area (Å²) in [5, 5.41) is 23.2. The first-order valence-corrected chi connectivity index (χ1v) is 26.8. The molecule has 0 spiro atoms. The second kappa shape index (κ2) is 26.8. The SMILES string of the molecule is Cc1ncsc1-c1ccc(CNC(=O)[C@@H]2CCCN2C(=O)CNC(=O)CCCCCCCCCCNC(=O)CCNC[C@@H](C(=O)N2CCN(c3ncnc4c3[C@H](C)C[C@H]4O)CC2)c2ccc(Cl)cc2)cc1. The van der Waals surface area contributed by atoms with Crippen molar-refractivity contribution >= 4 is 58.3 Å². The highest BCUT2D eigenvalue weighted by molar-refractivity contribution is 7.13. The lowest BCUT2D eigenvalue weighted by Crippen LogP contribution is -2.51. The van der Waals surface area contributed by atoms with Gasteiger partial charge in [0.15, 0.2) is 0 Å². The Labute approximate surface area is 427 Å². The summed E-state index contributed by atoms with van der Waals surface area (Å²) >= 11 is 7.80. The Balaban J connectivity index is 0.692. The van der Waals surface area contributed by atoms with Gasteiger partial charge in [0.05, 0.1) is 40.3 Å². The Morgan fingerprint density at radius 1 is 0.803 bits per heavy atom. The number of amides is 5. The van der Waals surface area contributed by atoms with E-state index in [2.05, 4.69) is 48.0 Å². The van der Waals surface area contributed by atoms with Crippen LogP contribution in [0.2, 0.25) is 5.02 Å². The van der Waals surface area contributed by atoms with Crippen molar-refractivity contribution in [1.82, 2.24) is 46.0 Å². The maximum atomic E-state index is 14.0. The number of aliphatic hydroxyl groups is 1. The molecule has 18 heteroatoms. The zero-order chi connectivity index (χ0) is 50.1. The number of aryl methyl sites for hydroxylation is 1. The van der Waals surface area contributed by atoms with Crippen LogP contribution >= 0.6 is 22.9 Å². The van der Waals surface area contributed by atoms with Gasteiger partial charge in [0.25, 0.3) is 0 Å². The van der Waals surface area contributed by atoms with Crippen LogP contribution in [0.3, 0.4) is 0 Å². The van der Waals surface area contributed by atoms with Crippen molar-refractivity contribution in [2.45, 2.75) is 128 Å². The topological polar surface area (TPSA) is 202 Å². The molecule has 4 aromatic rings. The maximum Gasteiger partial charge on any atom is 0.243 e. The smallest absolute Gasteiger partial charge is 0.243 e. The molecule has 4 heterocycles. The van der Waals surface area contributed by atoms with Gasteiger partial charge in [-0.2, -0.15) is 0 Å². The number of anilines is 1. The van der Waals surface area contributed by atoms with Gasteiger partial charge in [0.2, 0.25) is 29.5 Å². The van der Waals surface area contributed by atoms with Crippen LogP contribution in [-0.4, -0.2) is 124 Å². The van der Waals surface area contributed by atoms with Gasteiger partial charge in [-0.15, -0.1) is 11.3 Å². The lowest BCUT2D eigenvalue weighted by molar-refractivity contribution is -0.138. The van der Waals surface area contributed by atoms with Gasteiger partial charge in [0.1, 0.15) is 18.2 Å². The van der Waals surface area contributed by atoms with E-state index in [0.29, 0.717) is 95.3 Å². The Morgan fingerprint density at radius 3 is 2.23 bits per heavy atom. The molecule has 0 unspecified atom stereocenters. The van der Waals surface area contributed by atoms with Gasteiger partial charge in [-0.05, 0) is 73.8 Å². The summed E-state index contributed by atoms with van der Waals surface area (Å²) in [7, 11) is 0. The van der Waals surface area contributed by atoms with Gasteiger partial charge in [-0.3, -0.25) is 24.0 Å². The summed E-state index contributed by atoms with van der Waals surface area (Å²) < 4.78 is 0. The highest BCUT2D eigenvalue weighted by Crippen LogP contribution is 2.43. The first-order valence-electron chi connectivity index (χ1n) is 25.6. The molecule has 382 valence electrons. The van der Waals surface area contributed by atoms with Crippen molar-refractivity contribution in [3.8, 4) is 10.4 Å². The van der Waals surface area contributed by atoms with Crippen LogP contribution in [0.25, 0.3) is 10.4 Å². The number of hydrogen-bond donors (Lipinski definition) is 5. The number of unbranched alkanes of at least 4 members (excludes halogenated alkanes) is 7. The van der Waals surface area contributed by atoms with Crippen LogP contribution in [0.1, 0.15) is 136 Å². The fraction of sp³-hybridized carbons (Fsp3) is 0.547. The minimum absolute atomic E-state index is 0.0193. The maximum absolute atomic E-state index is 14.0. The molecule has 2 aliphatic heterocycles. The summed E-state index contributed by atoms with van der Waals surface area (Å²) in [5.41, 5.74) is 7.50. The quantitative estimate of drug-likeness (QED) is 0.0450. The molecule has 16 nitrogen and oxygen atoms in total. The molecule has 1 aliphatic carbocycles. The fourth-order valence-electron chi connectivity index (χ4n) is 9.95. The molecular formula is C53H71ClN10O6S. The van der Waals surface area contributed by atoms with Crippen LogP contribution in [0.15, 0.2) is 60.4 Å². The number of hydrogen-bond acceptors (Lipinski definition) is 12. The highest BCUT2D eigenvalue weighted by Gasteiger charge is 2.36. The third-order valence-electron chi connectivity index (χ3n) is 14.0. The first kappa shape index (κ1) is 53.3. The van der Waals surface area contributed by atoms with Gasteiger partial charge >= 0.3 is 0 Å². The minimum Gasteiger partial charge on any atom is -0.387 e. The number of piperazine rings is 1. The number of nitrogens with zero attached hydrogens (tertiary/aromatic N) is 6. The molecule has 5 amide bonds. The summed E-state index contributed by atoms with van der Waals surface area (Å²) in [6, 6.07) is 14.9. The Morgan fingerprint density at radius 2 is 1.51 bits per heavy atom. The lowest BCUT2D eigenvalue weighted by atomic mass is 9.97. The van der Waals surface area contributed by atoms with Gasteiger partial charge in [-0.1, -0.05) is 93.4 Å². The molecule has 0 bridgehead atoms. The van der Waals surface area contributed by atoms with Crippen molar-refractivity contribution in [2.24, 2.45) is 0 Å². The predicted molar refractivity (Wildman–Crippen MR) is 277 cm³/mol. The molecule has 3 aliphatic rings. The molecule has 4 atom stereocenters. The molecule has 0 radical (unpaired) electrons. The van der Waals surface area contributed by atoms with E-state index in [-0.39, 0.29) is 42.0 Å². The van der Waals surface area contributed by atoms with Crippen LogP contribution in [0.5, 0.6) is 0 Å². The Bertz CT molecular complexity index is 2400. The Kier molecular flexibility index (Phi) is 20.1. The number of aliphatic hydroxyl groups excluding tert-OH is 1. The van der Waals surface area contributed by atoms with Gasteiger partial charge in [-0.25, -0.2) is 15.0 Å². The zero-order valence-corrected chi connectivity index (χ0v) is 42.9. The van der Waals surface area contributed by atoms with Crippen molar-refractivity contribution < 1.29 is 29.1 Å². The third kappa shape index (κ3) is 15.0. The first-order chi connectivity index (χ1) is 34.5. The highest BCUT2D eigenvalue weighted by atomic mass is 35.5. The van der Waals surface area contributed by atoms with Gasteiger partial charge in [0, 0.05) is 82.3 Å². The number of carbonyl (C=O) groups is 5. The molecule has 2 aromatic carbocycles. The molecule has 5 N–H and O–H groups in total. The van der Waals surface area contributed by atoms with Crippen LogP contribution in [0.4, 0.5) is 5.82 Å². The minimum atomic E-state index is -0.570. The number of carbonyl (C=O) groups excluding carboxylic acids is 5. The van der Waals surface area contributed by atoms with E-state index in [9.17, 15) is 29.1 Å². The monoisotopic (exact) mass is 1010 g/mol. The second-order valence-corrected chi connectivity index (χ2v) is 20.4. The number of halogens is 1. The van der Waals surface area contributed by atoms with Crippen molar-refractivity contribution in [3.05, 3.63) is 93.5 Å². The van der Waals surface area contributed by atoms with Gasteiger partial charge < -0.3 is 41.1 Å². The number of aromatic nitrogens is 3. The summed E-state index contributed by atoms with van der Waals surface area (Å²) in [6.45, 7) is 8.69. The third-order valence-corrected chi connectivity index (χ3v) is 15.2. The predicted octanol–water partition coefficient (Wildman–Crippen LogP) is 6.57. The standard InChI is InChI=1S/C53H71ClN10O6S/c1-36-30-44(65)49-48(36)51(60-34-59-49)62-26-28-63(29-27-62)53(70)42(39-18-20-41(54)21-19-39)32-55-24-22-46(67)56-23-10-8-6-4-3-5-7-9-13-45(66)57-33-47(68)64-25-11-12-43(64)52(69)58-31-38-14-16-40(17-15-38)50-37(2)61-35-71-50/h14-21,34-36,42-44,55,65H,3-13,22-33H2,1-2H3,(H,56,67)(H,57,66)(H,58,69)/t36-,42-,43+,44-/m1/s1. The fourth-order valence-corrected chi connectivity index (χ4v) is 10.9. The van der Waals surface area contributed by atoms with Crippen molar-refractivity contribution in [3.63, 3.8) is 0 Å². The molecule has 71 heavy (non-hydrogen) atoms. The summed E-state index contributed by atoms with van der Waals surface area (Å²) in [5.74, 6) is 0.0515. The number of thiazole rings is 1. The molecule has 0 saturated carbocycles. The van der Waals surface area contributed by atoms with Crippen LogP contribution in [-0.2, 0) is 30.5 Å². The van der Waals surface area contributed by atoms with E-state index in [0.717, 1.165) is 96.4 Å². The summed E-state index contributed by atoms with van der Waals surface area (Å²) in [6.07, 6.45) is 11.6. The normalized spacial score (nSPS) is 18.0. The number of fused-ring (bicyclic) bond motifs is 1. The molecule has 2 aromatic heterocycles. The van der Waals surface area contributed by atoms with E-state index in [4.69, 9.17) is 11.6 Å². The molecule has 2 fully saturated rings. The number of nitrogens with one attached hydrogen (secondary N) is 4. The van der Waals surface area contributed by atoms with E-state index in [1.54, 1.807) is 28.4 Å².